The van der Waals surface area contributed by atoms with Crippen molar-refractivity contribution >= 4 is 21.7 Å². The maximum absolute atomic E-state index is 12.8. The van der Waals surface area contributed by atoms with Gasteiger partial charge in [0.15, 0.2) is 0 Å². The molecular weight excluding hydrogens is 442 g/mol. The molecule has 0 atom stereocenters. The van der Waals surface area contributed by atoms with Gasteiger partial charge in [-0.15, -0.1) is 0 Å². The number of amides is 2. The van der Waals surface area contributed by atoms with Crippen LogP contribution < -0.4 is 14.8 Å². The molecule has 1 aromatic carbocycles. The van der Waals surface area contributed by atoms with Crippen molar-refractivity contribution in [3.63, 3.8) is 0 Å². The number of anilines is 1. The zero-order valence-electron chi connectivity index (χ0n) is 18.1. The molecule has 2 aliphatic rings. The molecule has 10 heteroatoms. The highest BCUT2D eigenvalue weighted by atomic mass is 32.2. The summed E-state index contributed by atoms with van der Waals surface area (Å²) in [5.41, 5.74) is 4.44. The summed E-state index contributed by atoms with van der Waals surface area (Å²) in [5.74, 6) is 0.517. The molecule has 0 spiro atoms. The van der Waals surface area contributed by atoms with Crippen molar-refractivity contribution in [3.05, 3.63) is 54.0 Å². The van der Waals surface area contributed by atoms with Crippen molar-refractivity contribution in [2.75, 3.05) is 11.9 Å². The molecule has 33 heavy (non-hydrogen) atoms. The van der Waals surface area contributed by atoms with Crippen molar-refractivity contribution in [1.82, 2.24) is 19.5 Å². The van der Waals surface area contributed by atoms with Crippen molar-refractivity contribution in [3.8, 4) is 17.0 Å². The second kappa shape index (κ2) is 8.86. The number of nitrogens with zero attached hydrogens (tertiary/aromatic N) is 3. The van der Waals surface area contributed by atoms with Gasteiger partial charge in [-0.2, -0.15) is 5.10 Å². The summed E-state index contributed by atoms with van der Waals surface area (Å²) in [5, 5.41) is 6.93. The molecule has 0 unspecified atom stereocenters. The van der Waals surface area contributed by atoms with E-state index in [0.29, 0.717) is 24.7 Å². The van der Waals surface area contributed by atoms with E-state index in [1.165, 1.54) is 12.4 Å². The van der Waals surface area contributed by atoms with Gasteiger partial charge in [-0.05, 0) is 61.3 Å². The largest absolute Gasteiger partial charge is 0.478 e. The van der Waals surface area contributed by atoms with E-state index in [0.717, 1.165) is 60.8 Å². The smallest absolute Gasteiger partial charge is 0.333 e. The molecule has 172 valence electrons. The molecule has 0 fully saturated rings. The third-order valence-electron chi connectivity index (χ3n) is 6.00. The Labute approximate surface area is 192 Å². The molecule has 3 aromatic rings. The molecule has 1 aliphatic carbocycles. The summed E-state index contributed by atoms with van der Waals surface area (Å²) < 4.78 is 35.1. The average Bonchev–Trinajstić information content (AvgIpc) is 3.46. The second-order valence-corrected chi connectivity index (χ2v) is 9.95. The van der Waals surface area contributed by atoms with E-state index >= 15 is 0 Å². The minimum absolute atomic E-state index is 0.0422. The maximum atomic E-state index is 12.8. The Morgan fingerprint density at radius 1 is 1.06 bits per heavy atom. The van der Waals surface area contributed by atoms with Gasteiger partial charge in [0.2, 0.25) is 5.88 Å². The van der Waals surface area contributed by atoms with Gasteiger partial charge in [-0.3, -0.25) is 4.68 Å². The molecule has 0 saturated carbocycles. The predicted octanol–water partition coefficient (Wildman–Crippen LogP) is 3.51. The van der Waals surface area contributed by atoms with Crippen LogP contribution in [0.3, 0.4) is 0 Å². The van der Waals surface area contributed by atoms with Crippen LogP contribution in [-0.2, 0) is 29.4 Å². The third-order valence-corrected chi connectivity index (χ3v) is 7.28. The molecule has 2 amide bonds. The number of carbonyl (C=O) groups is 1. The fraction of sp³-hybridized carbons (Fsp3) is 0.348. The zero-order valence-corrected chi connectivity index (χ0v) is 18.9. The molecule has 4 bridgehead atoms. The normalized spacial score (nSPS) is 18.0. The Balaban J connectivity index is 1.54. The van der Waals surface area contributed by atoms with E-state index < -0.39 is 16.1 Å². The number of sulfonamides is 1. The summed E-state index contributed by atoms with van der Waals surface area (Å²) in [7, 11) is -4.05. The number of hydrogen-bond acceptors (Lipinski definition) is 6. The van der Waals surface area contributed by atoms with Crippen LogP contribution in [0.5, 0.6) is 5.88 Å². The van der Waals surface area contributed by atoms with Gasteiger partial charge in [-0.1, -0.05) is 12.1 Å². The quantitative estimate of drug-likeness (QED) is 0.523. The topological polar surface area (TPSA) is 115 Å². The van der Waals surface area contributed by atoms with E-state index in [9.17, 15) is 13.2 Å². The second-order valence-electron chi connectivity index (χ2n) is 8.27. The zero-order chi connectivity index (χ0) is 22.8. The fourth-order valence-electron chi connectivity index (χ4n) is 4.36. The van der Waals surface area contributed by atoms with E-state index in [4.69, 9.17) is 4.74 Å². The number of aromatic nitrogens is 3. The number of nitrogens with one attached hydrogen (secondary N) is 2. The average molecular weight is 468 g/mol. The molecule has 1 aliphatic heterocycles. The first-order chi connectivity index (χ1) is 16.0. The first-order valence-electron chi connectivity index (χ1n) is 11.1. The lowest BCUT2D eigenvalue weighted by molar-refractivity contribution is 0.256. The molecule has 5 rings (SSSR count). The molecule has 3 heterocycles. The highest BCUT2D eigenvalue weighted by Crippen LogP contribution is 2.38. The molecule has 9 nitrogen and oxygen atoms in total. The molecule has 2 N–H and O–H groups in total. The summed E-state index contributed by atoms with van der Waals surface area (Å²) in [4.78, 5) is 17.1. The van der Waals surface area contributed by atoms with Crippen LogP contribution in [0.2, 0.25) is 0 Å². The molecule has 0 saturated heterocycles. The van der Waals surface area contributed by atoms with E-state index in [1.54, 1.807) is 10.9 Å². The van der Waals surface area contributed by atoms with Gasteiger partial charge in [0.25, 0.3) is 10.0 Å². The Morgan fingerprint density at radius 2 is 1.97 bits per heavy atom. The number of aryl methyl sites for hydroxylation is 2. The summed E-state index contributed by atoms with van der Waals surface area (Å²) in [6.45, 7) is 1.11. The highest BCUT2D eigenvalue weighted by molar-refractivity contribution is 7.90. The number of rotatable bonds is 0. The number of pyridine rings is 1. The number of ether oxygens (including phenoxy) is 1. The summed E-state index contributed by atoms with van der Waals surface area (Å²) in [6, 6.07) is 6.92. The van der Waals surface area contributed by atoms with Crippen LogP contribution in [0.15, 0.2) is 47.8 Å². The standard InChI is InChI=1S/C23H25N5O4S/c29-23-26-22-19-6-4-5-16(19)7-8-20(22)17-9-10-24-21(13-17)32-12-3-1-2-11-28-15-18(14-25-28)33(30,31)27-23/h7-10,13-15H,1-6,11-12H2,(H2,26,27,29). The first kappa shape index (κ1) is 21.4. The molecular formula is C23H25N5O4S. The van der Waals surface area contributed by atoms with Crippen molar-refractivity contribution < 1.29 is 17.9 Å². The lowest BCUT2D eigenvalue weighted by Gasteiger charge is -2.17. The summed E-state index contributed by atoms with van der Waals surface area (Å²) >= 11 is 0. The molecule has 0 radical (unpaired) electrons. The monoisotopic (exact) mass is 467 g/mol. The number of hydrogen-bond donors (Lipinski definition) is 2. The van der Waals surface area contributed by atoms with Gasteiger partial charge in [-0.25, -0.2) is 22.9 Å². The molecule has 2 aromatic heterocycles. The minimum Gasteiger partial charge on any atom is -0.478 e. The maximum Gasteiger partial charge on any atom is 0.333 e. The van der Waals surface area contributed by atoms with Crippen LogP contribution >= 0.6 is 0 Å². The number of urea groups is 1. The lowest BCUT2D eigenvalue weighted by atomic mass is 9.98. The predicted molar refractivity (Wildman–Crippen MR) is 123 cm³/mol. The van der Waals surface area contributed by atoms with E-state index in [2.05, 4.69) is 26.2 Å². The SMILES string of the molecule is O=C1Nc2c(ccc3c2CCC3)-c2ccnc(c2)OCCCCCn2cc(cn2)S(=O)(=O)N1. The Kier molecular flexibility index (Phi) is 5.76. The fourth-order valence-corrected chi connectivity index (χ4v) is 5.22. The Morgan fingerprint density at radius 3 is 2.88 bits per heavy atom. The van der Waals surface area contributed by atoms with Gasteiger partial charge in [0.05, 0.1) is 18.5 Å². The number of benzene rings is 1. The van der Waals surface area contributed by atoms with Crippen LogP contribution in [0, 0.1) is 0 Å². The van der Waals surface area contributed by atoms with Crippen molar-refractivity contribution in [2.24, 2.45) is 0 Å². The number of fused-ring (bicyclic) bond motifs is 8. The van der Waals surface area contributed by atoms with Crippen LogP contribution in [0.25, 0.3) is 11.1 Å². The minimum atomic E-state index is -4.05. The van der Waals surface area contributed by atoms with E-state index in [1.807, 2.05) is 18.2 Å². The highest BCUT2D eigenvalue weighted by Gasteiger charge is 2.24. The van der Waals surface area contributed by atoms with E-state index in [-0.39, 0.29) is 4.90 Å². The van der Waals surface area contributed by atoms with Gasteiger partial charge >= 0.3 is 6.03 Å². The number of carbonyl (C=O) groups excluding carboxylic acids is 1. The van der Waals surface area contributed by atoms with Gasteiger partial charge in [0.1, 0.15) is 4.90 Å². The Hall–Kier alpha value is -3.40. The van der Waals surface area contributed by atoms with Gasteiger partial charge < -0.3 is 10.1 Å². The van der Waals surface area contributed by atoms with Crippen molar-refractivity contribution in [2.45, 2.75) is 50.0 Å². The Bertz CT molecular complexity index is 1300. The van der Waals surface area contributed by atoms with Gasteiger partial charge in [0, 0.05) is 30.6 Å². The van der Waals surface area contributed by atoms with Crippen LogP contribution in [0.4, 0.5) is 10.5 Å². The summed E-state index contributed by atoms with van der Waals surface area (Å²) in [6.07, 6.45) is 9.67. The van der Waals surface area contributed by atoms with Crippen molar-refractivity contribution in [1.29, 1.82) is 0 Å². The van der Waals surface area contributed by atoms with Crippen LogP contribution in [-0.4, -0.2) is 35.8 Å². The van der Waals surface area contributed by atoms with Crippen LogP contribution in [0.1, 0.15) is 36.8 Å². The first-order valence-corrected chi connectivity index (χ1v) is 12.6. The third kappa shape index (κ3) is 4.56. The lowest BCUT2D eigenvalue weighted by Crippen LogP contribution is -2.34.